The van der Waals surface area contributed by atoms with Crippen LogP contribution in [0.1, 0.15) is 31.9 Å². The SMILES string of the molecule is Cc1ccc(S(=O)(=O)N(CC(=O)N(Cc2ccc(Br)cc2)C(C)C(=O)NC(C)C)c2cccc(Cl)c2)cc1. The van der Waals surface area contributed by atoms with Crippen LogP contribution in [0.2, 0.25) is 5.02 Å². The van der Waals surface area contributed by atoms with Gasteiger partial charge in [0.05, 0.1) is 10.6 Å². The highest BCUT2D eigenvalue weighted by Gasteiger charge is 2.32. The van der Waals surface area contributed by atoms with E-state index in [1.54, 1.807) is 37.3 Å². The summed E-state index contributed by atoms with van der Waals surface area (Å²) in [6, 6.07) is 19.1. The summed E-state index contributed by atoms with van der Waals surface area (Å²) in [7, 11) is -4.14. The van der Waals surface area contributed by atoms with E-state index in [4.69, 9.17) is 11.6 Å². The molecule has 202 valence electrons. The van der Waals surface area contributed by atoms with Crippen molar-refractivity contribution < 1.29 is 18.0 Å². The molecule has 0 bridgehead atoms. The molecule has 0 aliphatic rings. The molecule has 0 aliphatic heterocycles. The second-order valence-electron chi connectivity index (χ2n) is 9.29. The van der Waals surface area contributed by atoms with Crippen molar-refractivity contribution in [3.05, 3.63) is 93.4 Å². The molecule has 0 spiro atoms. The van der Waals surface area contributed by atoms with Gasteiger partial charge in [-0.05, 0) is 75.7 Å². The van der Waals surface area contributed by atoms with E-state index in [9.17, 15) is 18.0 Å². The van der Waals surface area contributed by atoms with Crippen molar-refractivity contribution in [2.75, 3.05) is 10.8 Å². The number of halogens is 2. The highest BCUT2D eigenvalue weighted by molar-refractivity contribution is 9.10. The second-order valence-corrected chi connectivity index (χ2v) is 12.5. The third-order valence-electron chi connectivity index (χ3n) is 5.85. The number of rotatable bonds is 10. The molecule has 0 aliphatic carbocycles. The molecule has 0 fully saturated rings. The molecule has 1 unspecified atom stereocenters. The van der Waals surface area contributed by atoms with E-state index >= 15 is 0 Å². The first-order valence-electron chi connectivity index (χ1n) is 12.1. The minimum absolute atomic E-state index is 0.0425. The van der Waals surface area contributed by atoms with Crippen molar-refractivity contribution in [1.29, 1.82) is 0 Å². The van der Waals surface area contributed by atoms with Crippen LogP contribution < -0.4 is 9.62 Å². The lowest BCUT2D eigenvalue weighted by Crippen LogP contribution is -2.52. The minimum Gasteiger partial charge on any atom is -0.352 e. The van der Waals surface area contributed by atoms with Gasteiger partial charge >= 0.3 is 0 Å². The van der Waals surface area contributed by atoms with E-state index < -0.39 is 28.5 Å². The van der Waals surface area contributed by atoms with Crippen LogP contribution >= 0.6 is 27.5 Å². The average molecular weight is 621 g/mol. The standard InChI is InChI=1S/C28H31BrClN3O4S/c1-19(2)31-28(35)21(4)32(17-22-10-12-23(29)13-11-22)27(34)18-33(25-7-5-6-24(30)16-25)38(36,37)26-14-8-20(3)9-15-26/h5-16,19,21H,17-18H2,1-4H3,(H,31,35). The molecule has 1 N–H and O–H groups in total. The molecule has 1 atom stereocenters. The maximum atomic E-state index is 13.8. The summed E-state index contributed by atoms with van der Waals surface area (Å²) in [5.41, 5.74) is 1.94. The number of nitrogens with zero attached hydrogens (tertiary/aromatic N) is 2. The van der Waals surface area contributed by atoms with Crippen molar-refractivity contribution >= 4 is 55.1 Å². The summed E-state index contributed by atoms with van der Waals surface area (Å²) in [4.78, 5) is 28.2. The quantitative estimate of drug-likeness (QED) is 0.322. The topological polar surface area (TPSA) is 86.8 Å². The fraction of sp³-hybridized carbons (Fsp3) is 0.286. The molecular formula is C28H31BrClN3O4S. The molecule has 0 heterocycles. The zero-order valence-electron chi connectivity index (χ0n) is 21.7. The van der Waals surface area contributed by atoms with Crippen LogP contribution in [0.25, 0.3) is 0 Å². The number of sulfonamides is 1. The van der Waals surface area contributed by atoms with E-state index in [0.717, 1.165) is 19.9 Å². The molecule has 3 rings (SSSR count). The van der Waals surface area contributed by atoms with Crippen LogP contribution in [-0.2, 0) is 26.2 Å². The number of amides is 2. The summed E-state index contributed by atoms with van der Waals surface area (Å²) in [6.45, 7) is 6.76. The van der Waals surface area contributed by atoms with Crippen LogP contribution in [0, 0.1) is 6.92 Å². The maximum absolute atomic E-state index is 13.8. The molecule has 3 aromatic carbocycles. The van der Waals surface area contributed by atoms with E-state index in [2.05, 4.69) is 21.2 Å². The number of carbonyl (C=O) groups excluding carboxylic acids is 2. The van der Waals surface area contributed by atoms with Crippen LogP contribution in [-0.4, -0.2) is 43.8 Å². The van der Waals surface area contributed by atoms with Gasteiger partial charge in [0, 0.05) is 22.1 Å². The van der Waals surface area contributed by atoms with Gasteiger partial charge in [-0.1, -0.05) is 63.4 Å². The fourth-order valence-corrected chi connectivity index (χ4v) is 5.63. The zero-order chi connectivity index (χ0) is 28.0. The van der Waals surface area contributed by atoms with Gasteiger partial charge in [0.1, 0.15) is 12.6 Å². The van der Waals surface area contributed by atoms with Crippen molar-refractivity contribution in [1.82, 2.24) is 10.2 Å². The monoisotopic (exact) mass is 619 g/mol. The molecule has 10 heteroatoms. The van der Waals surface area contributed by atoms with E-state index in [1.165, 1.54) is 23.1 Å². The van der Waals surface area contributed by atoms with E-state index in [-0.39, 0.29) is 29.1 Å². The Morgan fingerprint density at radius 2 is 1.61 bits per heavy atom. The Morgan fingerprint density at radius 1 is 0.974 bits per heavy atom. The number of carbonyl (C=O) groups is 2. The van der Waals surface area contributed by atoms with Crippen molar-refractivity contribution in [3.63, 3.8) is 0 Å². The molecule has 0 aromatic heterocycles. The second kappa shape index (κ2) is 12.8. The summed E-state index contributed by atoms with van der Waals surface area (Å²) in [5, 5.41) is 3.17. The number of benzene rings is 3. The van der Waals surface area contributed by atoms with Gasteiger partial charge in [-0.2, -0.15) is 0 Å². The van der Waals surface area contributed by atoms with Gasteiger partial charge in [-0.3, -0.25) is 13.9 Å². The molecule has 7 nitrogen and oxygen atoms in total. The van der Waals surface area contributed by atoms with Gasteiger partial charge in [0.15, 0.2) is 0 Å². The van der Waals surface area contributed by atoms with Gasteiger partial charge in [-0.15, -0.1) is 0 Å². The number of hydrogen-bond donors (Lipinski definition) is 1. The first-order chi connectivity index (χ1) is 17.9. The van der Waals surface area contributed by atoms with Crippen molar-refractivity contribution in [2.24, 2.45) is 0 Å². The first-order valence-corrected chi connectivity index (χ1v) is 14.7. The van der Waals surface area contributed by atoms with Gasteiger partial charge in [0.25, 0.3) is 10.0 Å². The number of anilines is 1. The normalized spacial score (nSPS) is 12.2. The van der Waals surface area contributed by atoms with Gasteiger partial charge in [-0.25, -0.2) is 8.42 Å². The summed E-state index contributed by atoms with van der Waals surface area (Å²) < 4.78 is 29.5. The predicted molar refractivity (Wildman–Crippen MR) is 155 cm³/mol. The third kappa shape index (κ3) is 7.58. The van der Waals surface area contributed by atoms with E-state index in [1.807, 2.05) is 45.0 Å². The molecule has 2 amide bonds. The van der Waals surface area contributed by atoms with Crippen molar-refractivity contribution in [3.8, 4) is 0 Å². The summed E-state index contributed by atoms with van der Waals surface area (Å²) in [5.74, 6) is -0.865. The van der Waals surface area contributed by atoms with E-state index in [0.29, 0.717) is 5.02 Å². The lowest BCUT2D eigenvalue weighted by Gasteiger charge is -2.32. The Balaban J connectivity index is 2.03. The minimum atomic E-state index is -4.14. The van der Waals surface area contributed by atoms with Crippen LogP contribution in [0.3, 0.4) is 0 Å². The predicted octanol–water partition coefficient (Wildman–Crippen LogP) is 5.55. The number of hydrogen-bond acceptors (Lipinski definition) is 4. The Hall–Kier alpha value is -2.88. The van der Waals surface area contributed by atoms with Crippen LogP contribution in [0.15, 0.2) is 82.2 Å². The smallest absolute Gasteiger partial charge is 0.264 e. The Labute approximate surface area is 238 Å². The first kappa shape index (κ1) is 29.7. The van der Waals surface area contributed by atoms with Crippen molar-refractivity contribution in [2.45, 2.75) is 51.2 Å². The molecule has 3 aromatic rings. The molecule has 38 heavy (non-hydrogen) atoms. The Morgan fingerprint density at radius 3 is 2.18 bits per heavy atom. The highest BCUT2D eigenvalue weighted by atomic mass is 79.9. The number of nitrogens with one attached hydrogen (secondary N) is 1. The third-order valence-corrected chi connectivity index (χ3v) is 8.40. The zero-order valence-corrected chi connectivity index (χ0v) is 24.8. The fourth-order valence-electron chi connectivity index (χ4n) is 3.77. The van der Waals surface area contributed by atoms with Gasteiger partial charge in [0.2, 0.25) is 11.8 Å². The summed E-state index contributed by atoms with van der Waals surface area (Å²) >= 11 is 9.60. The molecule has 0 saturated carbocycles. The summed E-state index contributed by atoms with van der Waals surface area (Å²) in [6.07, 6.45) is 0. The Kier molecular flexibility index (Phi) is 9.98. The largest absolute Gasteiger partial charge is 0.352 e. The van der Waals surface area contributed by atoms with Gasteiger partial charge < -0.3 is 10.2 Å². The Bertz CT molecular complexity index is 1380. The molecule has 0 radical (unpaired) electrons. The lowest BCUT2D eigenvalue weighted by atomic mass is 10.1. The number of aryl methyl sites for hydroxylation is 1. The average Bonchev–Trinajstić information content (AvgIpc) is 2.86. The highest BCUT2D eigenvalue weighted by Crippen LogP contribution is 2.27. The van der Waals surface area contributed by atoms with Crippen LogP contribution in [0.4, 0.5) is 5.69 Å². The van der Waals surface area contributed by atoms with Crippen LogP contribution in [0.5, 0.6) is 0 Å². The molecule has 0 saturated heterocycles. The maximum Gasteiger partial charge on any atom is 0.264 e. The lowest BCUT2D eigenvalue weighted by molar-refractivity contribution is -0.139. The molecular weight excluding hydrogens is 590 g/mol.